The van der Waals surface area contributed by atoms with Crippen molar-refractivity contribution in [3.8, 4) is 0 Å². The molecule has 2 atom stereocenters. The number of nitrogens with two attached hydrogens (primary N) is 1. The number of hydrogen-bond acceptors (Lipinski definition) is 3. The largest absolute Gasteiger partial charge is 0.352 e. The molecule has 3 amide bonds. The molecule has 2 aromatic carbocycles. The summed E-state index contributed by atoms with van der Waals surface area (Å²) in [5.74, 6) is 0.612. The summed E-state index contributed by atoms with van der Waals surface area (Å²) in [6.45, 7) is 3.98. The van der Waals surface area contributed by atoms with Crippen molar-refractivity contribution in [3.63, 3.8) is 0 Å². The van der Waals surface area contributed by atoms with Gasteiger partial charge in [-0.3, -0.25) is 4.79 Å². The van der Waals surface area contributed by atoms with E-state index < -0.39 is 12.1 Å². The maximum atomic E-state index is 13.0. The fraction of sp³-hybridized carbons (Fsp3) is 0.318. The SMILES string of the molecule is CC(C)CC(NC(N)=O)C(=O)NC(Cc1ccccc1)c1nc2ccccc2[nH]1. The average molecular weight is 393 g/mol. The van der Waals surface area contributed by atoms with Crippen molar-refractivity contribution in [3.05, 3.63) is 66.0 Å². The number of aromatic nitrogens is 2. The van der Waals surface area contributed by atoms with Gasteiger partial charge in [0, 0.05) is 0 Å². The van der Waals surface area contributed by atoms with Crippen LogP contribution < -0.4 is 16.4 Å². The molecule has 0 aliphatic heterocycles. The predicted octanol–water partition coefficient (Wildman–Crippen LogP) is 3.05. The number of rotatable bonds is 8. The molecule has 0 fully saturated rings. The van der Waals surface area contributed by atoms with Crippen LogP contribution in [0.2, 0.25) is 0 Å². The quantitative estimate of drug-likeness (QED) is 0.472. The van der Waals surface area contributed by atoms with E-state index in [0.717, 1.165) is 16.6 Å². The molecule has 3 rings (SSSR count). The van der Waals surface area contributed by atoms with Crippen LogP contribution in [0.5, 0.6) is 0 Å². The van der Waals surface area contributed by atoms with Crippen molar-refractivity contribution < 1.29 is 9.59 Å². The Bertz CT molecular complexity index is 935. The highest BCUT2D eigenvalue weighted by Gasteiger charge is 2.26. The molecular formula is C22H27N5O2. The van der Waals surface area contributed by atoms with E-state index in [-0.39, 0.29) is 17.9 Å². The Balaban J connectivity index is 1.87. The lowest BCUT2D eigenvalue weighted by molar-refractivity contribution is -0.124. The van der Waals surface area contributed by atoms with Gasteiger partial charge < -0.3 is 21.4 Å². The highest BCUT2D eigenvalue weighted by molar-refractivity contribution is 5.87. The number of nitrogens with one attached hydrogen (secondary N) is 3. The lowest BCUT2D eigenvalue weighted by atomic mass is 10.0. The van der Waals surface area contributed by atoms with Crippen LogP contribution in [-0.4, -0.2) is 27.9 Å². The van der Waals surface area contributed by atoms with Crippen LogP contribution >= 0.6 is 0 Å². The Morgan fingerprint density at radius 2 is 1.72 bits per heavy atom. The van der Waals surface area contributed by atoms with E-state index in [4.69, 9.17) is 5.73 Å². The van der Waals surface area contributed by atoms with E-state index in [1.54, 1.807) is 0 Å². The van der Waals surface area contributed by atoms with Gasteiger partial charge in [-0.15, -0.1) is 0 Å². The number of hydrogen-bond donors (Lipinski definition) is 4. The predicted molar refractivity (Wildman–Crippen MR) is 113 cm³/mol. The van der Waals surface area contributed by atoms with Crippen molar-refractivity contribution in [1.82, 2.24) is 20.6 Å². The van der Waals surface area contributed by atoms with Crippen molar-refractivity contribution in [2.24, 2.45) is 11.7 Å². The van der Waals surface area contributed by atoms with E-state index in [0.29, 0.717) is 18.7 Å². The second kappa shape index (κ2) is 9.23. The second-order valence-electron chi connectivity index (χ2n) is 7.58. The summed E-state index contributed by atoms with van der Waals surface area (Å²) in [6.07, 6.45) is 1.06. The minimum Gasteiger partial charge on any atom is -0.352 e. The van der Waals surface area contributed by atoms with Gasteiger partial charge in [0.15, 0.2) is 0 Å². The standard InChI is InChI=1S/C22H27N5O2/c1-14(2)12-19(27-22(23)29)21(28)26-18(13-15-8-4-3-5-9-15)20-24-16-10-6-7-11-17(16)25-20/h3-11,14,18-19H,12-13H2,1-2H3,(H,24,25)(H,26,28)(H3,23,27,29). The zero-order chi connectivity index (χ0) is 20.8. The molecule has 1 heterocycles. The number of para-hydroxylation sites is 2. The van der Waals surface area contributed by atoms with Crippen molar-refractivity contribution in [1.29, 1.82) is 0 Å². The third-order valence-corrected chi connectivity index (χ3v) is 4.68. The van der Waals surface area contributed by atoms with Crippen LogP contribution in [0.3, 0.4) is 0 Å². The Labute approximate surface area is 170 Å². The van der Waals surface area contributed by atoms with Gasteiger partial charge >= 0.3 is 6.03 Å². The van der Waals surface area contributed by atoms with Crippen LogP contribution in [0, 0.1) is 5.92 Å². The van der Waals surface area contributed by atoms with Gasteiger partial charge in [0.05, 0.1) is 17.1 Å². The molecule has 0 spiro atoms. The maximum Gasteiger partial charge on any atom is 0.312 e. The maximum absolute atomic E-state index is 13.0. The summed E-state index contributed by atoms with van der Waals surface area (Å²) in [4.78, 5) is 32.3. The molecule has 29 heavy (non-hydrogen) atoms. The Kier molecular flexibility index (Phi) is 6.49. The highest BCUT2D eigenvalue weighted by atomic mass is 16.2. The number of imidazole rings is 1. The number of fused-ring (bicyclic) bond motifs is 1. The molecular weight excluding hydrogens is 366 g/mol. The molecule has 2 unspecified atom stereocenters. The van der Waals surface area contributed by atoms with Crippen molar-refractivity contribution in [2.45, 2.75) is 38.8 Å². The van der Waals surface area contributed by atoms with Crippen molar-refractivity contribution >= 4 is 23.0 Å². The summed E-state index contributed by atoms with van der Waals surface area (Å²) in [5.41, 5.74) is 8.09. The zero-order valence-electron chi connectivity index (χ0n) is 16.7. The highest BCUT2D eigenvalue weighted by Crippen LogP contribution is 2.20. The van der Waals surface area contributed by atoms with E-state index in [1.807, 2.05) is 68.4 Å². The number of amides is 3. The number of nitrogens with zero attached hydrogens (tertiary/aromatic N) is 1. The molecule has 7 nitrogen and oxygen atoms in total. The van der Waals surface area contributed by atoms with E-state index in [9.17, 15) is 9.59 Å². The number of benzene rings is 2. The molecule has 0 saturated carbocycles. The van der Waals surface area contributed by atoms with E-state index in [2.05, 4.69) is 20.6 Å². The van der Waals surface area contributed by atoms with Crippen LogP contribution in [-0.2, 0) is 11.2 Å². The first-order valence-corrected chi connectivity index (χ1v) is 9.77. The van der Waals surface area contributed by atoms with E-state index in [1.165, 1.54) is 0 Å². The summed E-state index contributed by atoms with van der Waals surface area (Å²) < 4.78 is 0. The number of H-pyrrole nitrogens is 1. The number of aromatic amines is 1. The van der Waals surface area contributed by atoms with Crippen LogP contribution in [0.15, 0.2) is 54.6 Å². The minimum atomic E-state index is -0.714. The van der Waals surface area contributed by atoms with Gasteiger partial charge in [-0.2, -0.15) is 0 Å². The Morgan fingerprint density at radius 1 is 1.03 bits per heavy atom. The normalized spacial score (nSPS) is 13.2. The van der Waals surface area contributed by atoms with Crippen LogP contribution in [0.1, 0.15) is 37.7 Å². The Hall–Kier alpha value is -3.35. The van der Waals surface area contributed by atoms with Gasteiger partial charge in [-0.1, -0.05) is 56.3 Å². The lowest BCUT2D eigenvalue weighted by Gasteiger charge is -2.23. The molecule has 0 aliphatic rings. The number of urea groups is 1. The number of primary amides is 1. The summed E-state index contributed by atoms with van der Waals surface area (Å²) in [5, 5.41) is 5.61. The topological polar surface area (TPSA) is 113 Å². The first-order chi connectivity index (χ1) is 13.9. The monoisotopic (exact) mass is 393 g/mol. The molecule has 0 saturated heterocycles. The second-order valence-corrected chi connectivity index (χ2v) is 7.58. The Morgan fingerprint density at radius 3 is 2.38 bits per heavy atom. The van der Waals surface area contributed by atoms with Crippen LogP contribution in [0.4, 0.5) is 4.79 Å². The molecule has 0 radical (unpaired) electrons. The smallest absolute Gasteiger partial charge is 0.312 e. The molecule has 0 aliphatic carbocycles. The van der Waals surface area contributed by atoms with E-state index >= 15 is 0 Å². The lowest BCUT2D eigenvalue weighted by Crippen LogP contribution is -2.50. The third kappa shape index (κ3) is 5.57. The van der Waals surface area contributed by atoms with Gasteiger partial charge in [-0.25, -0.2) is 9.78 Å². The van der Waals surface area contributed by atoms with Crippen molar-refractivity contribution in [2.75, 3.05) is 0 Å². The zero-order valence-corrected chi connectivity index (χ0v) is 16.7. The van der Waals surface area contributed by atoms with Gasteiger partial charge in [0.1, 0.15) is 11.9 Å². The van der Waals surface area contributed by atoms with Gasteiger partial charge in [-0.05, 0) is 36.5 Å². The van der Waals surface area contributed by atoms with Crippen LogP contribution in [0.25, 0.3) is 11.0 Å². The number of carbonyl (C=O) groups is 2. The fourth-order valence-electron chi connectivity index (χ4n) is 3.35. The fourth-order valence-corrected chi connectivity index (χ4v) is 3.35. The summed E-state index contributed by atoms with van der Waals surface area (Å²) >= 11 is 0. The molecule has 152 valence electrons. The minimum absolute atomic E-state index is 0.219. The molecule has 5 N–H and O–H groups in total. The first kappa shape index (κ1) is 20.4. The molecule has 7 heteroatoms. The van der Waals surface area contributed by atoms with Gasteiger partial charge in [0.2, 0.25) is 5.91 Å². The molecule has 1 aromatic heterocycles. The first-order valence-electron chi connectivity index (χ1n) is 9.77. The third-order valence-electron chi connectivity index (χ3n) is 4.68. The molecule has 0 bridgehead atoms. The average Bonchev–Trinajstić information content (AvgIpc) is 3.11. The molecule has 3 aromatic rings. The number of carbonyl (C=O) groups excluding carboxylic acids is 2. The van der Waals surface area contributed by atoms with Gasteiger partial charge in [0.25, 0.3) is 0 Å². The summed E-state index contributed by atoms with van der Waals surface area (Å²) in [7, 11) is 0. The summed E-state index contributed by atoms with van der Waals surface area (Å²) in [6, 6.07) is 15.8.